The van der Waals surface area contributed by atoms with Gasteiger partial charge in [0.25, 0.3) is 0 Å². The molecule has 1 aromatic heterocycles. The lowest BCUT2D eigenvalue weighted by Crippen LogP contribution is -2.58. The number of ether oxygens (including phenoxy) is 1. The lowest BCUT2D eigenvalue weighted by molar-refractivity contribution is 0.0594. The molecule has 164 valence electrons. The lowest BCUT2D eigenvalue weighted by atomic mass is 9.75. The SMILES string of the molecule is COc1ccc(CN2CC[C@@H](NS(C)(=O)=O)[C@@]3(CCN(Cc4cccs4)C3)C2)cc1. The zero-order valence-corrected chi connectivity index (χ0v) is 19.3. The van der Waals surface area contributed by atoms with E-state index in [-0.39, 0.29) is 11.5 Å². The molecule has 0 aliphatic carbocycles. The molecule has 2 aliphatic rings. The summed E-state index contributed by atoms with van der Waals surface area (Å²) in [5.41, 5.74) is 1.21. The summed E-state index contributed by atoms with van der Waals surface area (Å²) < 4.78 is 32.4. The van der Waals surface area contributed by atoms with Crippen LogP contribution in [0.1, 0.15) is 23.3 Å². The Balaban J connectivity index is 1.48. The standard InChI is InChI=1S/C22H31N3O3S2/c1-28-19-7-5-18(6-8-19)14-24-11-9-21(23-30(2,26)27)22(16-24)10-12-25(17-22)15-20-4-3-13-29-20/h3-8,13,21,23H,9-12,14-17H2,1-2H3/t21-,22+/m1/s1. The van der Waals surface area contributed by atoms with Crippen LogP contribution in [-0.2, 0) is 23.1 Å². The first-order chi connectivity index (χ1) is 14.4. The van der Waals surface area contributed by atoms with Crippen LogP contribution in [0.4, 0.5) is 0 Å². The molecule has 6 nitrogen and oxygen atoms in total. The van der Waals surface area contributed by atoms with Crippen LogP contribution in [0.2, 0.25) is 0 Å². The number of thiophene rings is 1. The molecule has 1 aromatic carbocycles. The highest BCUT2D eigenvalue weighted by Gasteiger charge is 2.48. The van der Waals surface area contributed by atoms with Crippen molar-refractivity contribution in [2.45, 2.75) is 32.0 Å². The molecule has 2 aliphatic heterocycles. The minimum Gasteiger partial charge on any atom is -0.497 e. The van der Waals surface area contributed by atoms with Gasteiger partial charge in [0.2, 0.25) is 10.0 Å². The molecule has 2 saturated heterocycles. The van der Waals surface area contributed by atoms with E-state index in [2.05, 4.69) is 44.2 Å². The normalized spacial score (nSPS) is 25.7. The van der Waals surface area contributed by atoms with Gasteiger partial charge in [0.15, 0.2) is 0 Å². The number of likely N-dealkylation sites (tertiary alicyclic amines) is 2. The van der Waals surface area contributed by atoms with Crippen molar-refractivity contribution in [2.75, 3.05) is 39.5 Å². The fraction of sp³-hybridized carbons (Fsp3) is 0.545. The van der Waals surface area contributed by atoms with E-state index in [1.165, 1.54) is 16.7 Å². The summed E-state index contributed by atoms with van der Waals surface area (Å²) in [5.74, 6) is 0.867. The smallest absolute Gasteiger partial charge is 0.208 e. The molecule has 8 heteroatoms. The molecule has 2 aromatic rings. The fourth-order valence-electron chi connectivity index (χ4n) is 4.97. The first-order valence-electron chi connectivity index (χ1n) is 10.4. The zero-order chi connectivity index (χ0) is 21.2. The van der Waals surface area contributed by atoms with Gasteiger partial charge in [-0.3, -0.25) is 9.80 Å². The van der Waals surface area contributed by atoms with Crippen LogP contribution in [0.3, 0.4) is 0 Å². The van der Waals surface area contributed by atoms with Crippen molar-refractivity contribution in [3.63, 3.8) is 0 Å². The van der Waals surface area contributed by atoms with Gasteiger partial charge in [-0.2, -0.15) is 0 Å². The van der Waals surface area contributed by atoms with Crippen molar-refractivity contribution < 1.29 is 13.2 Å². The van der Waals surface area contributed by atoms with E-state index in [4.69, 9.17) is 4.74 Å². The molecule has 2 fully saturated rings. The van der Waals surface area contributed by atoms with Gasteiger partial charge in [-0.25, -0.2) is 13.1 Å². The lowest BCUT2D eigenvalue weighted by Gasteiger charge is -2.46. The maximum Gasteiger partial charge on any atom is 0.208 e. The molecule has 1 N–H and O–H groups in total. The number of sulfonamides is 1. The highest BCUT2D eigenvalue weighted by molar-refractivity contribution is 7.88. The van der Waals surface area contributed by atoms with Crippen LogP contribution < -0.4 is 9.46 Å². The fourth-order valence-corrected chi connectivity index (χ4v) is 6.61. The van der Waals surface area contributed by atoms with E-state index < -0.39 is 10.0 Å². The maximum absolute atomic E-state index is 12.1. The average molecular weight is 450 g/mol. The van der Waals surface area contributed by atoms with E-state index in [1.54, 1.807) is 18.4 Å². The molecule has 4 rings (SSSR count). The van der Waals surface area contributed by atoms with Crippen LogP contribution in [0.5, 0.6) is 5.75 Å². The van der Waals surface area contributed by atoms with Crippen LogP contribution in [-0.4, -0.2) is 63.8 Å². The third-order valence-corrected chi connectivity index (χ3v) is 7.93. The van der Waals surface area contributed by atoms with E-state index in [1.807, 2.05) is 12.1 Å². The third kappa shape index (κ3) is 5.23. The van der Waals surface area contributed by atoms with Gasteiger partial charge in [-0.1, -0.05) is 18.2 Å². The van der Waals surface area contributed by atoms with E-state index in [9.17, 15) is 8.42 Å². The quantitative estimate of drug-likeness (QED) is 0.704. The monoisotopic (exact) mass is 449 g/mol. The molecule has 0 unspecified atom stereocenters. The average Bonchev–Trinajstić information content (AvgIpc) is 3.35. The molecule has 1 spiro atoms. The second kappa shape index (κ2) is 8.96. The van der Waals surface area contributed by atoms with Gasteiger partial charge >= 0.3 is 0 Å². The zero-order valence-electron chi connectivity index (χ0n) is 17.7. The van der Waals surface area contributed by atoms with Gasteiger partial charge < -0.3 is 4.74 Å². The number of methoxy groups -OCH3 is 1. The predicted octanol–water partition coefficient (Wildman–Crippen LogP) is 2.77. The Labute approximate surface area is 183 Å². The summed E-state index contributed by atoms with van der Waals surface area (Å²) in [6.07, 6.45) is 3.14. The number of nitrogens with one attached hydrogen (secondary N) is 1. The summed E-state index contributed by atoms with van der Waals surface area (Å²) in [5, 5.41) is 2.12. The molecule has 0 amide bonds. The molecule has 30 heavy (non-hydrogen) atoms. The largest absolute Gasteiger partial charge is 0.497 e. The number of piperidine rings is 1. The summed E-state index contributed by atoms with van der Waals surface area (Å²) in [6, 6.07) is 12.5. The second-order valence-corrected chi connectivity index (χ2v) is 11.5. The predicted molar refractivity (Wildman–Crippen MR) is 121 cm³/mol. The van der Waals surface area contributed by atoms with Gasteiger partial charge in [0.1, 0.15) is 5.75 Å². The van der Waals surface area contributed by atoms with Crippen molar-refractivity contribution in [3.8, 4) is 5.75 Å². The second-order valence-electron chi connectivity index (χ2n) is 8.69. The van der Waals surface area contributed by atoms with E-state index in [0.29, 0.717) is 0 Å². The van der Waals surface area contributed by atoms with Crippen molar-refractivity contribution >= 4 is 21.4 Å². The van der Waals surface area contributed by atoms with Crippen LogP contribution in [0.25, 0.3) is 0 Å². The van der Waals surface area contributed by atoms with Crippen LogP contribution in [0.15, 0.2) is 41.8 Å². The minimum absolute atomic E-state index is 0.00652. The Morgan fingerprint density at radius 1 is 1.13 bits per heavy atom. The molecule has 0 bridgehead atoms. The summed E-state index contributed by atoms with van der Waals surface area (Å²) in [4.78, 5) is 6.34. The number of rotatable bonds is 7. The molecule has 3 heterocycles. The summed E-state index contributed by atoms with van der Waals surface area (Å²) in [7, 11) is -1.56. The van der Waals surface area contributed by atoms with Gasteiger partial charge in [-0.15, -0.1) is 11.3 Å². The first-order valence-corrected chi connectivity index (χ1v) is 13.2. The highest BCUT2D eigenvalue weighted by atomic mass is 32.2. The van der Waals surface area contributed by atoms with E-state index >= 15 is 0 Å². The highest BCUT2D eigenvalue weighted by Crippen LogP contribution is 2.40. The number of hydrogen-bond donors (Lipinski definition) is 1. The van der Waals surface area contributed by atoms with Crippen LogP contribution >= 0.6 is 11.3 Å². The van der Waals surface area contributed by atoms with Gasteiger partial charge in [0.05, 0.1) is 13.4 Å². The topological polar surface area (TPSA) is 61.9 Å². The molecule has 0 radical (unpaired) electrons. The Kier molecular flexibility index (Phi) is 6.50. The maximum atomic E-state index is 12.1. The molecule has 2 atom stereocenters. The Bertz CT molecular complexity index is 931. The van der Waals surface area contributed by atoms with Gasteiger partial charge in [-0.05, 0) is 48.5 Å². The van der Waals surface area contributed by atoms with Crippen molar-refractivity contribution in [2.24, 2.45) is 5.41 Å². The minimum atomic E-state index is -3.24. The Morgan fingerprint density at radius 3 is 2.50 bits per heavy atom. The van der Waals surface area contributed by atoms with Crippen LogP contribution in [0, 0.1) is 5.41 Å². The third-order valence-electron chi connectivity index (χ3n) is 6.36. The van der Waals surface area contributed by atoms with Crippen molar-refractivity contribution in [1.29, 1.82) is 0 Å². The number of benzene rings is 1. The summed E-state index contributed by atoms with van der Waals surface area (Å²) in [6.45, 7) is 5.57. The Hall–Kier alpha value is -1.45. The molecular weight excluding hydrogens is 418 g/mol. The van der Waals surface area contributed by atoms with Crippen molar-refractivity contribution in [1.82, 2.24) is 14.5 Å². The summed E-state index contributed by atoms with van der Waals surface area (Å²) >= 11 is 1.79. The van der Waals surface area contributed by atoms with Gasteiger partial charge in [0, 0.05) is 49.1 Å². The molecular formula is C22H31N3O3S2. The molecule has 0 saturated carbocycles. The van der Waals surface area contributed by atoms with Crippen molar-refractivity contribution in [3.05, 3.63) is 52.2 Å². The van der Waals surface area contributed by atoms with E-state index in [0.717, 1.165) is 57.9 Å². The Morgan fingerprint density at radius 2 is 1.87 bits per heavy atom. The number of nitrogens with zero attached hydrogens (tertiary/aromatic N) is 2. The number of hydrogen-bond acceptors (Lipinski definition) is 6. The first kappa shape index (κ1) is 21.8.